The molecule has 1 aliphatic carbocycles. The van der Waals surface area contributed by atoms with E-state index in [1.54, 1.807) is 0 Å². The van der Waals surface area contributed by atoms with Crippen molar-refractivity contribution in [2.24, 2.45) is 5.73 Å². The normalized spacial score (nSPS) is 20.1. The lowest BCUT2D eigenvalue weighted by Gasteiger charge is -2.42. The van der Waals surface area contributed by atoms with Crippen LogP contribution in [0.3, 0.4) is 0 Å². The van der Waals surface area contributed by atoms with E-state index in [0.29, 0.717) is 12.1 Å². The van der Waals surface area contributed by atoms with Gasteiger partial charge in [0.15, 0.2) is 0 Å². The Hall–Kier alpha value is -0.860. The summed E-state index contributed by atoms with van der Waals surface area (Å²) < 4.78 is 0. The summed E-state index contributed by atoms with van der Waals surface area (Å²) in [5.41, 5.74) is 9.16. The summed E-state index contributed by atoms with van der Waals surface area (Å²) in [4.78, 5) is 2.66. The Morgan fingerprint density at radius 3 is 2.40 bits per heavy atom. The van der Waals surface area contributed by atoms with Gasteiger partial charge in [0.05, 0.1) is 6.04 Å². The molecular formula is C18H30N2. The van der Waals surface area contributed by atoms with Gasteiger partial charge in [-0.1, -0.05) is 50.5 Å². The topological polar surface area (TPSA) is 29.3 Å². The minimum Gasteiger partial charge on any atom is -0.326 e. The molecule has 0 heterocycles. The molecule has 2 nitrogen and oxygen atoms in total. The van der Waals surface area contributed by atoms with Crippen molar-refractivity contribution in [2.75, 3.05) is 6.54 Å². The lowest BCUT2D eigenvalue weighted by atomic mass is 9.89. The first-order valence-corrected chi connectivity index (χ1v) is 8.22. The highest BCUT2D eigenvalue weighted by atomic mass is 15.2. The molecule has 2 heteroatoms. The van der Waals surface area contributed by atoms with Gasteiger partial charge < -0.3 is 5.73 Å². The minimum atomic E-state index is 0.165. The second-order valence-electron chi connectivity index (χ2n) is 6.28. The molecule has 2 unspecified atom stereocenters. The van der Waals surface area contributed by atoms with Crippen molar-refractivity contribution in [3.05, 3.63) is 35.4 Å². The van der Waals surface area contributed by atoms with Crippen molar-refractivity contribution in [3.63, 3.8) is 0 Å². The van der Waals surface area contributed by atoms with E-state index >= 15 is 0 Å². The fourth-order valence-electron chi connectivity index (χ4n) is 3.78. The minimum absolute atomic E-state index is 0.165. The first-order chi connectivity index (χ1) is 9.65. The van der Waals surface area contributed by atoms with E-state index in [1.165, 1.54) is 43.2 Å². The Morgan fingerprint density at radius 2 is 1.85 bits per heavy atom. The third kappa shape index (κ3) is 3.42. The quantitative estimate of drug-likeness (QED) is 0.878. The SMILES string of the molecule is CCN(C1CCCCC1)C(c1ccccc1C)C(C)N. The van der Waals surface area contributed by atoms with Gasteiger partial charge in [-0.05, 0) is 44.4 Å². The molecule has 1 fully saturated rings. The van der Waals surface area contributed by atoms with Gasteiger partial charge in [0.1, 0.15) is 0 Å². The highest BCUT2D eigenvalue weighted by molar-refractivity contribution is 5.30. The summed E-state index contributed by atoms with van der Waals surface area (Å²) >= 11 is 0. The molecule has 112 valence electrons. The standard InChI is InChI=1S/C18H30N2/c1-4-20(16-11-6-5-7-12-16)18(15(3)19)17-13-9-8-10-14(17)2/h8-10,13,15-16,18H,4-7,11-12,19H2,1-3H3. The number of hydrogen-bond donors (Lipinski definition) is 1. The van der Waals surface area contributed by atoms with Crippen molar-refractivity contribution < 1.29 is 0 Å². The third-order valence-corrected chi connectivity index (χ3v) is 4.77. The number of benzene rings is 1. The molecule has 2 N–H and O–H groups in total. The Labute approximate surface area is 124 Å². The van der Waals surface area contributed by atoms with Gasteiger partial charge in [-0.3, -0.25) is 4.90 Å². The van der Waals surface area contributed by atoms with Crippen molar-refractivity contribution >= 4 is 0 Å². The van der Waals surface area contributed by atoms with Gasteiger partial charge in [-0.15, -0.1) is 0 Å². The van der Waals surface area contributed by atoms with E-state index in [1.807, 2.05) is 0 Å². The van der Waals surface area contributed by atoms with Gasteiger partial charge in [-0.25, -0.2) is 0 Å². The van der Waals surface area contributed by atoms with Crippen LogP contribution in [0.1, 0.15) is 63.1 Å². The third-order valence-electron chi connectivity index (χ3n) is 4.77. The van der Waals surface area contributed by atoms with Crippen molar-refractivity contribution in [1.82, 2.24) is 4.90 Å². The molecule has 20 heavy (non-hydrogen) atoms. The average Bonchev–Trinajstić information content (AvgIpc) is 2.46. The Morgan fingerprint density at radius 1 is 1.20 bits per heavy atom. The number of likely N-dealkylation sites (N-methyl/N-ethyl adjacent to an activating group) is 1. The monoisotopic (exact) mass is 274 g/mol. The molecule has 0 aromatic heterocycles. The van der Waals surface area contributed by atoms with Crippen molar-refractivity contribution in [3.8, 4) is 0 Å². The van der Waals surface area contributed by atoms with Crippen LogP contribution >= 0.6 is 0 Å². The maximum absolute atomic E-state index is 6.38. The fraction of sp³-hybridized carbons (Fsp3) is 0.667. The number of aryl methyl sites for hydroxylation is 1. The largest absolute Gasteiger partial charge is 0.326 e. The number of nitrogens with two attached hydrogens (primary N) is 1. The van der Waals surface area contributed by atoms with Crippen LogP contribution in [0.15, 0.2) is 24.3 Å². The molecule has 1 aromatic carbocycles. The molecule has 1 saturated carbocycles. The first kappa shape index (κ1) is 15.5. The maximum Gasteiger partial charge on any atom is 0.0501 e. The van der Waals surface area contributed by atoms with Crippen LogP contribution in [-0.4, -0.2) is 23.5 Å². The van der Waals surface area contributed by atoms with Crippen LogP contribution in [0.4, 0.5) is 0 Å². The zero-order chi connectivity index (χ0) is 14.5. The van der Waals surface area contributed by atoms with E-state index in [0.717, 1.165) is 6.54 Å². The second kappa shape index (κ2) is 7.24. The van der Waals surface area contributed by atoms with Crippen LogP contribution in [-0.2, 0) is 0 Å². The summed E-state index contributed by atoms with van der Waals surface area (Å²) in [6.07, 6.45) is 6.83. The van der Waals surface area contributed by atoms with Crippen LogP contribution in [0.2, 0.25) is 0 Å². The van der Waals surface area contributed by atoms with Crippen LogP contribution in [0.5, 0.6) is 0 Å². The number of hydrogen-bond acceptors (Lipinski definition) is 2. The summed E-state index contributed by atoms with van der Waals surface area (Å²) in [5, 5.41) is 0. The van der Waals surface area contributed by atoms with Gasteiger partial charge in [0.2, 0.25) is 0 Å². The van der Waals surface area contributed by atoms with E-state index in [9.17, 15) is 0 Å². The summed E-state index contributed by atoms with van der Waals surface area (Å²) in [7, 11) is 0. The average molecular weight is 274 g/mol. The molecule has 0 radical (unpaired) electrons. The fourth-order valence-corrected chi connectivity index (χ4v) is 3.78. The highest BCUT2D eigenvalue weighted by Crippen LogP contribution is 2.32. The Balaban J connectivity index is 2.28. The Bertz CT molecular complexity index is 408. The van der Waals surface area contributed by atoms with E-state index < -0.39 is 0 Å². The first-order valence-electron chi connectivity index (χ1n) is 8.22. The smallest absolute Gasteiger partial charge is 0.0501 e. The lowest BCUT2D eigenvalue weighted by Crippen LogP contribution is -2.46. The molecule has 0 spiro atoms. The summed E-state index contributed by atoms with van der Waals surface area (Å²) in [5.74, 6) is 0. The molecule has 1 aliphatic rings. The predicted molar refractivity (Wildman–Crippen MR) is 86.8 cm³/mol. The zero-order valence-electron chi connectivity index (χ0n) is 13.3. The highest BCUT2D eigenvalue weighted by Gasteiger charge is 2.30. The Kier molecular flexibility index (Phi) is 5.62. The molecule has 2 atom stereocenters. The molecule has 0 saturated heterocycles. The van der Waals surface area contributed by atoms with Gasteiger partial charge >= 0.3 is 0 Å². The van der Waals surface area contributed by atoms with Gasteiger partial charge in [0, 0.05) is 12.1 Å². The lowest BCUT2D eigenvalue weighted by molar-refractivity contribution is 0.0971. The molecule has 0 bridgehead atoms. The van der Waals surface area contributed by atoms with Crippen LogP contribution < -0.4 is 5.73 Å². The van der Waals surface area contributed by atoms with E-state index in [2.05, 4.69) is 49.9 Å². The number of nitrogens with zero attached hydrogens (tertiary/aromatic N) is 1. The molecule has 0 amide bonds. The summed E-state index contributed by atoms with van der Waals surface area (Å²) in [6.45, 7) is 7.73. The van der Waals surface area contributed by atoms with Crippen molar-refractivity contribution in [2.45, 2.75) is 71.0 Å². The molecule has 0 aliphatic heterocycles. The second-order valence-corrected chi connectivity index (χ2v) is 6.28. The van der Waals surface area contributed by atoms with E-state index in [4.69, 9.17) is 5.73 Å². The zero-order valence-corrected chi connectivity index (χ0v) is 13.3. The molecule has 1 aromatic rings. The number of rotatable bonds is 5. The van der Waals surface area contributed by atoms with Crippen molar-refractivity contribution in [1.29, 1.82) is 0 Å². The van der Waals surface area contributed by atoms with Crippen LogP contribution in [0.25, 0.3) is 0 Å². The molecule has 2 rings (SSSR count). The van der Waals surface area contributed by atoms with Crippen LogP contribution in [0, 0.1) is 6.92 Å². The van der Waals surface area contributed by atoms with Gasteiger partial charge in [-0.2, -0.15) is 0 Å². The maximum atomic E-state index is 6.38. The van der Waals surface area contributed by atoms with Gasteiger partial charge in [0.25, 0.3) is 0 Å². The predicted octanol–water partition coefficient (Wildman–Crippen LogP) is 4.04. The van der Waals surface area contributed by atoms with E-state index in [-0.39, 0.29) is 6.04 Å². The summed E-state index contributed by atoms with van der Waals surface area (Å²) in [6, 6.07) is 9.96. The molecular weight excluding hydrogens is 244 g/mol.